The molecule has 0 bridgehead atoms. The summed E-state index contributed by atoms with van der Waals surface area (Å²) in [7, 11) is -3.83. The minimum absolute atomic E-state index is 0.169. The molecule has 1 aliphatic rings. The van der Waals surface area contributed by atoms with E-state index < -0.39 is 27.1 Å². The monoisotopic (exact) mass is 470 g/mol. The van der Waals surface area contributed by atoms with Crippen LogP contribution in [-0.4, -0.2) is 46.0 Å². The molecule has 1 unspecified atom stereocenters. The molecule has 0 aliphatic carbocycles. The number of aryl methyl sites for hydroxylation is 1. The highest BCUT2D eigenvalue weighted by Crippen LogP contribution is 2.26. The van der Waals surface area contributed by atoms with Crippen molar-refractivity contribution in [2.75, 3.05) is 0 Å². The summed E-state index contributed by atoms with van der Waals surface area (Å²) < 4.78 is 27.6. The second kappa shape index (κ2) is 8.60. The summed E-state index contributed by atoms with van der Waals surface area (Å²) in [6.45, 7) is 1.88. The van der Waals surface area contributed by atoms with Crippen LogP contribution in [0.25, 0.3) is 10.9 Å². The summed E-state index contributed by atoms with van der Waals surface area (Å²) in [5.74, 6) is -1.52. The van der Waals surface area contributed by atoms with Gasteiger partial charge in [0, 0.05) is 17.1 Å². The molecule has 2 heterocycles. The second-order valence-electron chi connectivity index (χ2n) is 7.06. The molecule has 32 heavy (non-hydrogen) atoms. The van der Waals surface area contributed by atoms with E-state index in [0.29, 0.717) is 16.5 Å². The number of nitrogens with zero attached hydrogens (tertiary/aromatic N) is 3. The number of amides is 1. The van der Waals surface area contributed by atoms with Crippen LogP contribution in [0.2, 0.25) is 0 Å². The van der Waals surface area contributed by atoms with Gasteiger partial charge in [-0.25, -0.2) is 12.4 Å². The lowest BCUT2D eigenvalue weighted by atomic mass is 10.2. The summed E-state index contributed by atoms with van der Waals surface area (Å²) in [6.07, 6.45) is 2.55. The first-order valence-corrected chi connectivity index (χ1v) is 11.8. The fraction of sp³-hybridized carbons (Fsp3) is 0.143. The van der Waals surface area contributed by atoms with E-state index in [2.05, 4.69) is 15.5 Å². The lowest BCUT2D eigenvalue weighted by Crippen LogP contribution is -2.26. The van der Waals surface area contributed by atoms with E-state index in [-0.39, 0.29) is 16.5 Å². The number of hydrogen-bond donors (Lipinski definition) is 2. The van der Waals surface area contributed by atoms with Crippen LogP contribution >= 0.6 is 11.8 Å². The lowest BCUT2D eigenvalue weighted by molar-refractivity contribution is -0.138. The standard InChI is InChI=1S/C21H18N4O5S2/c1-13-6-8-15(9-7-13)32(29,30)25-12-14(16-4-2-3-5-17(16)25)11-22-24-21-23-20(28)18(31-21)10-19(26)27/h2-9,11-12,18H,10H2,1H3,(H,26,27)(H,23,24,28)/b22-11+. The van der Waals surface area contributed by atoms with Crippen molar-refractivity contribution >= 4 is 55.9 Å². The molecule has 164 valence electrons. The molecule has 9 nitrogen and oxygen atoms in total. The Kier molecular flexibility index (Phi) is 5.85. The molecule has 1 fully saturated rings. The Morgan fingerprint density at radius 1 is 1.22 bits per heavy atom. The van der Waals surface area contributed by atoms with Gasteiger partial charge >= 0.3 is 5.97 Å². The van der Waals surface area contributed by atoms with Gasteiger partial charge in [0.25, 0.3) is 10.0 Å². The summed E-state index contributed by atoms with van der Waals surface area (Å²) in [5.41, 5.74) is 1.97. The zero-order valence-electron chi connectivity index (χ0n) is 16.8. The molecular formula is C21H18N4O5S2. The van der Waals surface area contributed by atoms with Crippen LogP contribution in [0.5, 0.6) is 0 Å². The number of fused-ring (bicyclic) bond motifs is 1. The first-order chi connectivity index (χ1) is 15.3. The van der Waals surface area contributed by atoms with Crippen molar-refractivity contribution in [1.82, 2.24) is 9.29 Å². The minimum atomic E-state index is -3.83. The van der Waals surface area contributed by atoms with Crippen molar-refractivity contribution in [2.24, 2.45) is 10.2 Å². The maximum atomic E-state index is 13.2. The predicted molar refractivity (Wildman–Crippen MR) is 123 cm³/mol. The van der Waals surface area contributed by atoms with Gasteiger partial charge in [-0.05, 0) is 25.1 Å². The topological polar surface area (TPSA) is 130 Å². The normalized spacial score (nSPS) is 18.0. The van der Waals surface area contributed by atoms with E-state index in [9.17, 15) is 18.0 Å². The van der Waals surface area contributed by atoms with Crippen molar-refractivity contribution in [3.63, 3.8) is 0 Å². The van der Waals surface area contributed by atoms with Crippen LogP contribution in [0.1, 0.15) is 17.5 Å². The Balaban J connectivity index is 1.66. The van der Waals surface area contributed by atoms with E-state index in [1.54, 1.807) is 48.5 Å². The molecule has 11 heteroatoms. The van der Waals surface area contributed by atoms with Crippen molar-refractivity contribution in [2.45, 2.75) is 23.5 Å². The highest BCUT2D eigenvalue weighted by atomic mass is 32.2. The highest BCUT2D eigenvalue weighted by Gasteiger charge is 2.32. The zero-order chi connectivity index (χ0) is 22.9. The summed E-state index contributed by atoms with van der Waals surface area (Å²) in [4.78, 5) is 22.8. The number of rotatable bonds is 6. The molecule has 1 aromatic heterocycles. The first kappa shape index (κ1) is 21.8. The Hall–Kier alpha value is -3.44. The van der Waals surface area contributed by atoms with Gasteiger partial charge in [0.1, 0.15) is 5.25 Å². The fourth-order valence-corrected chi connectivity index (χ4v) is 5.48. The summed E-state index contributed by atoms with van der Waals surface area (Å²) in [6, 6.07) is 13.6. The molecule has 3 aromatic rings. The number of amidine groups is 1. The number of hydrogen-bond acceptors (Lipinski definition) is 7. The van der Waals surface area contributed by atoms with E-state index in [1.807, 2.05) is 6.92 Å². The number of para-hydroxylation sites is 1. The van der Waals surface area contributed by atoms with E-state index in [0.717, 1.165) is 17.3 Å². The van der Waals surface area contributed by atoms with Crippen molar-refractivity contribution in [3.05, 3.63) is 65.9 Å². The zero-order valence-corrected chi connectivity index (χ0v) is 18.4. The number of carbonyl (C=O) groups is 2. The maximum absolute atomic E-state index is 13.2. The third-order valence-electron chi connectivity index (χ3n) is 4.77. The molecule has 0 saturated carbocycles. The lowest BCUT2D eigenvalue weighted by Gasteiger charge is -2.07. The van der Waals surface area contributed by atoms with Crippen LogP contribution in [0.15, 0.2) is 69.8 Å². The van der Waals surface area contributed by atoms with Crippen LogP contribution < -0.4 is 5.32 Å². The largest absolute Gasteiger partial charge is 0.481 e. The van der Waals surface area contributed by atoms with Gasteiger partial charge in [-0.2, -0.15) is 5.10 Å². The van der Waals surface area contributed by atoms with Gasteiger partial charge in [0.2, 0.25) is 5.91 Å². The van der Waals surface area contributed by atoms with Gasteiger partial charge in [-0.3, -0.25) is 9.59 Å². The first-order valence-electron chi connectivity index (χ1n) is 9.48. The average molecular weight is 471 g/mol. The molecule has 2 N–H and O–H groups in total. The van der Waals surface area contributed by atoms with Gasteiger partial charge < -0.3 is 10.4 Å². The van der Waals surface area contributed by atoms with Crippen LogP contribution in [0.4, 0.5) is 0 Å². The third-order valence-corrected chi connectivity index (χ3v) is 7.53. The maximum Gasteiger partial charge on any atom is 0.305 e. The number of nitrogens with one attached hydrogen (secondary N) is 1. The molecule has 1 aliphatic heterocycles. The van der Waals surface area contributed by atoms with Crippen LogP contribution in [0.3, 0.4) is 0 Å². The molecule has 1 amide bonds. The highest BCUT2D eigenvalue weighted by molar-refractivity contribution is 8.15. The van der Waals surface area contributed by atoms with Crippen molar-refractivity contribution in [1.29, 1.82) is 0 Å². The summed E-state index contributed by atoms with van der Waals surface area (Å²) >= 11 is 0.987. The summed E-state index contributed by atoms with van der Waals surface area (Å²) in [5, 5.41) is 19.3. The number of carbonyl (C=O) groups excluding carboxylic acids is 1. The minimum Gasteiger partial charge on any atom is -0.481 e. The number of carboxylic acids is 1. The molecule has 1 saturated heterocycles. The van der Waals surface area contributed by atoms with Gasteiger partial charge in [0.15, 0.2) is 5.17 Å². The molecule has 0 spiro atoms. The Bertz CT molecular complexity index is 1370. The molecule has 2 aromatic carbocycles. The van der Waals surface area contributed by atoms with Gasteiger partial charge in [-0.15, -0.1) is 5.10 Å². The fourth-order valence-electron chi connectivity index (χ4n) is 3.19. The van der Waals surface area contributed by atoms with Gasteiger partial charge in [-0.1, -0.05) is 47.7 Å². The van der Waals surface area contributed by atoms with Crippen LogP contribution in [0, 0.1) is 6.92 Å². The number of aromatic nitrogens is 1. The number of aliphatic carboxylic acids is 1. The Labute approximate surface area is 187 Å². The van der Waals surface area contributed by atoms with E-state index in [4.69, 9.17) is 5.11 Å². The Morgan fingerprint density at radius 3 is 2.66 bits per heavy atom. The van der Waals surface area contributed by atoms with Crippen molar-refractivity contribution in [3.8, 4) is 0 Å². The molecule has 4 rings (SSSR count). The molecule has 1 atom stereocenters. The number of benzene rings is 2. The molecular weight excluding hydrogens is 452 g/mol. The van der Waals surface area contributed by atoms with E-state index in [1.165, 1.54) is 16.4 Å². The average Bonchev–Trinajstić information content (AvgIpc) is 3.29. The van der Waals surface area contributed by atoms with Crippen molar-refractivity contribution < 1.29 is 23.1 Å². The second-order valence-corrected chi connectivity index (χ2v) is 10.1. The van der Waals surface area contributed by atoms with Gasteiger partial charge in [0.05, 0.1) is 23.0 Å². The Morgan fingerprint density at radius 2 is 1.94 bits per heavy atom. The smallest absolute Gasteiger partial charge is 0.305 e. The third kappa shape index (κ3) is 4.30. The quantitative estimate of drug-likeness (QED) is 0.421. The number of carboxylic acid groups (broad SMARTS) is 1. The van der Waals surface area contributed by atoms with E-state index >= 15 is 0 Å². The number of thioether (sulfide) groups is 1. The predicted octanol–water partition coefficient (Wildman–Crippen LogP) is 2.58. The SMILES string of the molecule is Cc1ccc(S(=O)(=O)n2cc(/C=N/N=C3/NC(=O)C(CC(=O)O)S3)c3ccccc32)cc1. The molecule has 0 radical (unpaired) electrons. The van der Waals surface area contributed by atoms with Crippen LogP contribution in [-0.2, 0) is 19.6 Å².